The third-order valence-corrected chi connectivity index (χ3v) is 12.5. The summed E-state index contributed by atoms with van der Waals surface area (Å²) in [4.78, 5) is 57.0. The number of nitrogens with zero attached hydrogens (tertiary/aromatic N) is 6. The number of carbonyl (C=O) groups is 2. The average Bonchev–Trinajstić information content (AvgIpc) is 4.22. The van der Waals surface area contributed by atoms with Crippen LogP contribution in [0.3, 0.4) is 0 Å². The third kappa shape index (κ3) is 9.34. The van der Waals surface area contributed by atoms with Gasteiger partial charge >= 0.3 is 11.9 Å². The molecule has 328 valence electrons. The van der Waals surface area contributed by atoms with Gasteiger partial charge in [0, 0.05) is 101 Å². The van der Waals surface area contributed by atoms with Crippen molar-refractivity contribution in [3.8, 4) is 0 Å². The first kappa shape index (κ1) is 43.6. The first-order chi connectivity index (χ1) is 30.0. The summed E-state index contributed by atoms with van der Waals surface area (Å²) in [7, 11) is 0. The molecule has 0 spiro atoms. The zero-order valence-electron chi connectivity index (χ0n) is 34.7. The van der Waals surface area contributed by atoms with E-state index in [0.29, 0.717) is 48.6 Å². The van der Waals surface area contributed by atoms with E-state index in [0.717, 1.165) is 65.0 Å². The molecule has 2 aliphatic carbocycles. The van der Waals surface area contributed by atoms with Gasteiger partial charge in [0.25, 0.3) is 0 Å². The Morgan fingerprint density at radius 2 is 0.889 bits per heavy atom. The average molecular weight is 879 g/mol. The van der Waals surface area contributed by atoms with Crippen LogP contribution in [0.1, 0.15) is 69.6 Å². The maximum absolute atomic E-state index is 15.1. The van der Waals surface area contributed by atoms with Crippen LogP contribution in [0.15, 0.2) is 107 Å². The van der Waals surface area contributed by atoms with Crippen LogP contribution in [-0.2, 0) is 13.1 Å². The smallest absolute Gasteiger partial charge is 0.341 e. The number of carboxylic acids is 2. The Hall–Kier alpha value is -6.09. The third-order valence-electron chi connectivity index (χ3n) is 12.5. The minimum atomic E-state index is -1.28. The number of carboxylic acid groups (broad SMARTS) is 2. The molecule has 0 bridgehead atoms. The molecule has 2 saturated carbocycles. The van der Waals surface area contributed by atoms with E-state index >= 15 is 8.78 Å². The molecular weight excluding hydrogens is 830 g/mol. The van der Waals surface area contributed by atoms with Crippen LogP contribution in [0, 0.1) is 11.6 Å². The van der Waals surface area contributed by atoms with Gasteiger partial charge in [-0.3, -0.25) is 19.4 Å². The largest absolute Gasteiger partial charge is 0.477 e. The van der Waals surface area contributed by atoms with Crippen molar-refractivity contribution in [1.29, 1.82) is 0 Å². The first-order valence-corrected chi connectivity index (χ1v) is 21.3. The van der Waals surface area contributed by atoms with Crippen molar-refractivity contribution in [1.82, 2.24) is 18.9 Å². The maximum Gasteiger partial charge on any atom is 0.341 e. The second-order valence-electron chi connectivity index (χ2n) is 16.8. The van der Waals surface area contributed by atoms with E-state index in [4.69, 9.17) is 0 Å². The first-order valence-electron chi connectivity index (χ1n) is 21.3. The highest BCUT2D eigenvalue weighted by atomic mass is 35.5. The lowest BCUT2D eigenvalue weighted by Gasteiger charge is -2.36. The molecule has 6 aromatic rings. The van der Waals surface area contributed by atoms with Gasteiger partial charge in [-0.2, -0.15) is 0 Å². The van der Waals surface area contributed by atoms with E-state index in [9.17, 15) is 29.4 Å². The highest BCUT2D eigenvalue weighted by molar-refractivity contribution is 5.94. The number of piperazine rings is 2. The zero-order chi connectivity index (χ0) is 43.1. The summed E-state index contributed by atoms with van der Waals surface area (Å²) >= 11 is 0. The molecule has 10 rings (SSSR count). The number of anilines is 2. The minimum absolute atomic E-state index is 0. The minimum Gasteiger partial charge on any atom is -0.477 e. The number of halogens is 3. The highest BCUT2D eigenvalue weighted by Crippen LogP contribution is 2.39. The lowest BCUT2D eigenvalue weighted by atomic mass is 10.1. The van der Waals surface area contributed by atoms with Gasteiger partial charge in [-0.25, -0.2) is 18.4 Å². The molecular formula is C48H49ClF2N6O6. The molecule has 4 fully saturated rings. The van der Waals surface area contributed by atoms with Crippen molar-refractivity contribution in [2.75, 3.05) is 62.2 Å². The molecule has 15 heteroatoms. The summed E-state index contributed by atoms with van der Waals surface area (Å²) in [5.74, 6) is -3.52. The Kier molecular flexibility index (Phi) is 12.7. The maximum atomic E-state index is 15.1. The van der Waals surface area contributed by atoms with E-state index in [1.807, 2.05) is 55.3 Å². The Morgan fingerprint density at radius 1 is 0.540 bits per heavy atom. The quantitative estimate of drug-likeness (QED) is 0.144. The molecule has 12 nitrogen and oxygen atoms in total. The van der Waals surface area contributed by atoms with Crippen molar-refractivity contribution in [2.45, 2.75) is 50.9 Å². The van der Waals surface area contributed by atoms with Crippen molar-refractivity contribution in [3.05, 3.63) is 152 Å². The van der Waals surface area contributed by atoms with Gasteiger partial charge in [0.1, 0.15) is 22.8 Å². The fraction of sp³-hybridized carbons (Fsp3) is 0.333. The predicted octanol–water partition coefficient (Wildman–Crippen LogP) is 7.41. The Bertz CT molecular complexity index is 2590. The second kappa shape index (κ2) is 18.3. The van der Waals surface area contributed by atoms with E-state index in [-0.39, 0.29) is 46.4 Å². The molecule has 2 N–H and O–H groups in total. The molecule has 2 aliphatic heterocycles. The van der Waals surface area contributed by atoms with Crippen molar-refractivity contribution < 1.29 is 28.6 Å². The Morgan fingerprint density at radius 3 is 1.21 bits per heavy atom. The van der Waals surface area contributed by atoms with Crippen LogP contribution in [0.25, 0.3) is 21.8 Å². The SMILES string of the molecule is Cl.O=C(O)c1cn(C2CC2)c2cc(N3CCN(Cc4ccccc4)CC3)c(F)cc2c1=O.O=C(O)c1cn(C2CC2)c2cc(N3CCN(Cc4ccccc4)CC3)c(F)cc2c1=O. The fourth-order valence-electron chi connectivity index (χ4n) is 8.79. The number of hydrogen-bond acceptors (Lipinski definition) is 8. The summed E-state index contributed by atoms with van der Waals surface area (Å²) < 4.78 is 33.8. The molecule has 0 amide bonds. The standard InChI is InChI=1S/2C24H24FN3O3.ClH/c2*25-20-12-18-21(28(17-6-7-17)15-19(23(18)29)24(30)31)13-22(20)27-10-8-26(9-11-27)14-16-4-2-1-3-5-16;/h2*1-5,12-13,15,17H,6-11,14H2,(H,30,31);1H. The molecule has 4 aromatic carbocycles. The van der Waals surface area contributed by atoms with Gasteiger partial charge in [0.15, 0.2) is 0 Å². The normalized spacial score (nSPS) is 17.0. The van der Waals surface area contributed by atoms with Gasteiger partial charge in [-0.05, 0) is 61.1 Å². The summed E-state index contributed by atoms with van der Waals surface area (Å²) in [6.07, 6.45) is 6.57. The van der Waals surface area contributed by atoms with Crippen LogP contribution in [-0.4, -0.2) is 93.4 Å². The monoisotopic (exact) mass is 878 g/mol. The highest BCUT2D eigenvalue weighted by Gasteiger charge is 2.30. The van der Waals surface area contributed by atoms with Gasteiger partial charge < -0.3 is 29.1 Å². The lowest BCUT2D eigenvalue weighted by Crippen LogP contribution is -2.46. The van der Waals surface area contributed by atoms with Crippen molar-refractivity contribution in [2.24, 2.45) is 0 Å². The Labute approximate surface area is 368 Å². The van der Waals surface area contributed by atoms with E-state index in [1.54, 1.807) is 12.1 Å². The van der Waals surface area contributed by atoms with E-state index in [1.165, 1.54) is 35.7 Å². The molecule has 2 saturated heterocycles. The molecule has 4 heterocycles. The van der Waals surface area contributed by atoms with E-state index < -0.39 is 34.4 Å². The van der Waals surface area contributed by atoms with Crippen molar-refractivity contribution >= 4 is 57.5 Å². The Balaban J connectivity index is 0.000000170. The summed E-state index contributed by atoms with van der Waals surface area (Å²) in [6, 6.07) is 26.8. The second-order valence-corrected chi connectivity index (χ2v) is 16.8. The molecule has 63 heavy (non-hydrogen) atoms. The summed E-state index contributed by atoms with van der Waals surface area (Å²) in [5, 5.41) is 19.1. The fourth-order valence-corrected chi connectivity index (χ4v) is 8.79. The van der Waals surface area contributed by atoms with Crippen LogP contribution < -0.4 is 20.7 Å². The number of hydrogen-bond donors (Lipinski definition) is 2. The van der Waals surface area contributed by atoms with Gasteiger partial charge in [-0.1, -0.05) is 60.7 Å². The molecule has 0 atom stereocenters. The number of aromatic nitrogens is 2. The number of rotatable bonds is 10. The van der Waals surface area contributed by atoms with Crippen LogP contribution in [0.2, 0.25) is 0 Å². The lowest BCUT2D eigenvalue weighted by molar-refractivity contribution is 0.0684. The number of benzene rings is 4. The van der Waals surface area contributed by atoms with Crippen molar-refractivity contribution in [3.63, 3.8) is 0 Å². The predicted molar refractivity (Wildman–Crippen MR) is 242 cm³/mol. The van der Waals surface area contributed by atoms with E-state index in [2.05, 4.69) is 34.1 Å². The number of aromatic carboxylic acids is 2. The number of fused-ring (bicyclic) bond motifs is 2. The van der Waals surface area contributed by atoms with Gasteiger partial charge in [0.2, 0.25) is 10.9 Å². The topological polar surface area (TPSA) is 132 Å². The van der Waals surface area contributed by atoms with Crippen LogP contribution >= 0.6 is 12.4 Å². The zero-order valence-corrected chi connectivity index (χ0v) is 35.5. The molecule has 2 aromatic heterocycles. The van der Waals surface area contributed by atoms with Gasteiger partial charge in [0.05, 0.1) is 22.4 Å². The number of pyridine rings is 2. The summed E-state index contributed by atoms with van der Waals surface area (Å²) in [6.45, 7) is 7.78. The molecule has 0 radical (unpaired) electrons. The van der Waals surface area contributed by atoms with Crippen LogP contribution in [0.5, 0.6) is 0 Å². The molecule has 4 aliphatic rings. The molecule has 0 unspecified atom stereocenters. The van der Waals surface area contributed by atoms with Crippen LogP contribution in [0.4, 0.5) is 20.2 Å². The summed E-state index contributed by atoms with van der Waals surface area (Å²) in [5.41, 5.74) is 2.83. The van der Waals surface area contributed by atoms with Gasteiger partial charge in [-0.15, -0.1) is 12.4 Å².